The molecule has 0 rings (SSSR count). The van der Waals surface area contributed by atoms with Crippen LogP contribution in [-0.4, -0.2) is 38.8 Å². The van der Waals surface area contributed by atoms with Crippen molar-refractivity contribution in [2.75, 3.05) is 32.8 Å². The molecule has 0 aliphatic heterocycles. The second-order valence-corrected chi connectivity index (χ2v) is 2.47. The topological polar surface area (TPSA) is 50.4 Å². The molecule has 2 N–H and O–H groups in total. The van der Waals surface area contributed by atoms with E-state index in [0.29, 0.717) is 32.8 Å². The lowest BCUT2D eigenvalue weighted by Gasteiger charge is -2.04. The van der Waals surface area contributed by atoms with Crippen LogP contribution in [0.25, 0.3) is 0 Å². The average molecular weight is 186 g/mol. The minimum Gasteiger partial charge on any atom is -0.380 e. The van der Waals surface area contributed by atoms with E-state index in [4.69, 9.17) is 4.74 Å². The zero-order valence-corrected chi connectivity index (χ0v) is 8.14. The van der Waals surface area contributed by atoms with Gasteiger partial charge in [-0.2, -0.15) is 0 Å². The number of ether oxygens (including phenoxy) is 1. The zero-order chi connectivity index (χ0) is 9.94. The summed E-state index contributed by atoms with van der Waals surface area (Å²) in [5, 5.41) is 5.62. The van der Waals surface area contributed by atoms with E-state index in [9.17, 15) is 4.79 Å². The van der Waals surface area contributed by atoms with Crippen LogP contribution in [0.15, 0.2) is 12.7 Å². The summed E-state index contributed by atoms with van der Waals surface area (Å²) in [5.74, 6) is -0.0125. The summed E-state index contributed by atoms with van der Waals surface area (Å²) in [6, 6.07) is 0. The molecule has 1 amide bonds. The van der Waals surface area contributed by atoms with Crippen molar-refractivity contribution in [1.29, 1.82) is 0 Å². The van der Waals surface area contributed by atoms with E-state index in [1.54, 1.807) is 6.08 Å². The maximum atomic E-state index is 11.0. The number of hydrogen-bond donors (Lipinski definition) is 2. The number of carbonyl (C=O) groups excluding carboxylic acids is 1. The predicted octanol–water partition coefficient (Wildman–Crippen LogP) is -0.0853. The van der Waals surface area contributed by atoms with E-state index in [0.717, 1.165) is 0 Å². The summed E-state index contributed by atoms with van der Waals surface area (Å²) in [4.78, 5) is 11.0. The molecule has 0 aromatic heterocycles. The van der Waals surface area contributed by atoms with Crippen LogP contribution in [0.1, 0.15) is 6.92 Å². The van der Waals surface area contributed by atoms with Crippen LogP contribution < -0.4 is 10.6 Å². The molecule has 0 aromatic rings. The van der Waals surface area contributed by atoms with Gasteiger partial charge in [-0.25, -0.2) is 0 Å². The first kappa shape index (κ1) is 12.1. The van der Waals surface area contributed by atoms with Crippen LogP contribution >= 0.6 is 0 Å². The van der Waals surface area contributed by atoms with Crippen molar-refractivity contribution in [3.63, 3.8) is 0 Å². The fourth-order valence-electron chi connectivity index (χ4n) is 0.757. The van der Waals surface area contributed by atoms with Gasteiger partial charge in [0, 0.05) is 19.7 Å². The van der Waals surface area contributed by atoms with E-state index < -0.39 is 0 Å². The minimum absolute atomic E-state index is 0.0125. The Kier molecular flexibility index (Phi) is 8.60. The lowest BCUT2D eigenvalue weighted by atomic mass is 10.5. The van der Waals surface area contributed by atoms with Crippen molar-refractivity contribution in [1.82, 2.24) is 10.6 Å². The molecule has 0 radical (unpaired) electrons. The second-order valence-electron chi connectivity index (χ2n) is 2.47. The molecular weight excluding hydrogens is 168 g/mol. The van der Waals surface area contributed by atoms with Gasteiger partial charge in [0.1, 0.15) is 0 Å². The second kappa shape index (κ2) is 9.22. The van der Waals surface area contributed by atoms with Gasteiger partial charge < -0.3 is 15.4 Å². The van der Waals surface area contributed by atoms with E-state index in [1.165, 1.54) is 0 Å². The third kappa shape index (κ3) is 9.04. The third-order valence-electron chi connectivity index (χ3n) is 1.35. The van der Waals surface area contributed by atoms with Gasteiger partial charge in [-0.05, 0) is 6.92 Å². The zero-order valence-electron chi connectivity index (χ0n) is 8.14. The van der Waals surface area contributed by atoms with Crippen LogP contribution in [0.3, 0.4) is 0 Å². The van der Waals surface area contributed by atoms with Crippen LogP contribution in [0.4, 0.5) is 0 Å². The molecule has 0 bridgehead atoms. The van der Waals surface area contributed by atoms with Crippen molar-refractivity contribution in [2.45, 2.75) is 6.92 Å². The lowest BCUT2D eigenvalue weighted by Crippen LogP contribution is -2.35. The fourth-order valence-corrected chi connectivity index (χ4v) is 0.757. The number of amides is 1. The number of nitrogens with one attached hydrogen (secondary N) is 2. The van der Waals surface area contributed by atoms with Gasteiger partial charge in [0.05, 0.1) is 13.2 Å². The summed E-state index contributed by atoms with van der Waals surface area (Å²) in [5.41, 5.74) is 0. The molecular formula is C9H18N2O2. The number of hydrogen-bond acceptors (Lipinski definition) is 3. The third-order valence-corrected chi connectivity index (χ3v) is 1.35. The minimum atomic E-state index is -0.0125. The van der Waals surface area contributed by atoms with E-state index in [2.05, 4.69) is 17.2 Å². The Morgan fingerprint density at radius 1 is 1.62 bits per heavy atom. The first-order chi connectivity index (χ1) is 6.31. The number of rotatable bonds is 8. The SMILES string of the molecule is C=CCNCC(=O)NCCOCC. The monoisotopic (exact) mass is 186 g/mol. The Labute approximate surface area is 79.3 Å². The molecule has 76 valence electrons. The molecule has 13 heavy (non-hydrogen) atoms. The summed E-state index contributed by atoms with van der Waals surface area (Å²) < 4.78 is 5.06. The molecule has 4 heteroatoms. The van der Waals surface area contributed by atoms with Gasteiger partial charge >= 0.3 is 0 Å². The Bertz CT molecular complexity index is 149. The summed E-state index contributed by atoms with van der Waals surface area (Å²) in [7, 11) is 0. The molecule has 4 nitrogen and oxygen atoms in total. The van der Waals surface area contributed by atoms with E-state index in [1.807, 2.05) is 6.92 Å². The molecule has 0 aliphatic rings. The molecule has 0 aliphatic carbocycles. The number of carbonyl (C=O) groups is 1. The molecule has 0 atom stereocenters. The van der Waals surface area contributed by atoms with Crippen molar-refractivity contribution < 1.29 is 9.53 Å². The Hall–Kier alpha value is -0.870. The molecule has 0 saturated heterocycles. The normalized spacial score (nSPS) is 9.62. The van der Waals surface area contributed by atoms with Gasteiger partial charge in [0.2, 0.25) is 5.91 Å². The molecule has 0 heterocycles. The summed E-state index contributed by atoms with van der Waals surface area (Å²) in [6.07, 6.45) is 1.72. The highest BCUT2D eigenvalue weighted by atomic mass is 16.5. The maximum absolute atomic E-state index is 11.0. The standard InChI is InChI=1S/C9H18N2O2/c1-3-5-10-8-9(12)11-6-7-13-4-2/h3,10H,1,4-8H2,2H3,(H,11,12). The van der Waals surface area contributed by atoms with Crippen LogP contribution in [0.2, 0.25) is 0 Å². The smallest absolute Gasteiger partial charge is 0.234 e. The Balaban J connectivity index is 3.15. The van der Waals surface area contributed by atoms with Gasteiger partial charge in [0.25, 0.3) is 0 Å². The van der Waals surface area contributed by atoms with Crippen molar-refractivity contribution in [3.8, 4) is 0 Å². The van der Waals surface area contributed by atoms with Gasteiger partial charge in [-0.15, -0.1) is 6.58 Å². The first-order valence-corrected chi connectivity index (χ1v) is 4.47. The highest BCUT2D eigenvalue weighted by Gasteiger charge is 1.97. The molecule has 0 fully saturated rings. The van der Waals surface area contributed by atoms with Crippen molar-refractivity contribution in [2.24, 2.45) is 0 Å². The highest BCUT2D eigenvalue weighted by Crippen LogP contribution is 1.71. The van der Waals surface area contributed by atoms with Crippen LogP contribution in [-0.2, 0) is 9.53 Å². The van der Waals surface area contributed by atoms with Gasteiger partial charge in [-0.3, -0.25) is 4.79 Å². The van der Waals surface area contributed by atoms with Crippen molar-refractivity contribution >= 4 is 5.91 Å². The van der Waals surface area contributed by atoms with E-state index in [-0.39, 0.29) is 5.91 Å². The quantitative estimate of drug-likeness (QED) is 0.411. The summed E-state index contributed by atoms with van der Waals surface area (Å²) >= 11 is 0. The Morgan fingerprint density at radius 2 is 2.38 bits per heavy atom. The Morgan fingerprint density at radius 3 is 3.00 bits per heavy atom. The molecule has 0 unspecified atom stereocenters. The predicted molar refractivity (Wildman–Crippen MR) is 52.6 cm³/mol. The molecule has 0 saturated carbocycles. The maximum Gasteiger partial charge on any atom is 0.234 e. The van der Waals surface area contributed by atoms with E-state index >= 15 is 0 Å². The lowest BCUT2D eigenvalue weighted by molar-refractivity contribution is -0.120. The average Bonchev–Trinajstić information content (AvgIpc) is 2.13. The molecule has 0 aromatic carbocycles. The van der Waals surface area contributed by atoms with Crippen molar-refractivity contribution in [3.05, 3.63) is 12.7 Å². The highest BCUT2D eigenvalue weighted by molar-refractivity contribution is 5.77. The van der Waals surface area contributed by atoms with Crippen LogP contribution in [0, 0.1) is 0 Å². The largest absolute Gasteiger partial charge is 0.380 e. The first-order valence-electron chi connectivity index (χ1n) is 4.47. The van der Waals surface area contributed by atoms with Gasteiger partial charge in [-0.1, -0.05) is 6.08 Å². The molecule has 0 spiro atoms. The van der Waals surface area contributed by atoms with Crippen LogP contribution in [0.5, 0.6) is 0 Å². The summed E-state index contributed by atoms with van der Waals surface area (Å²) in [6.45, 7) is 8.27. The fraction of sp³-hybridized carbons (Fsp3) is 0.667. The van der Waals surface area contributed by atoms with Gasteiger partial charge in [0.15, 0.2) is 0 Å².